The molecule has 0 heterocycles. The Balaban J connectivity index is 2.26. The number of aliphatic hydroxyl groups excluding tert-OH is 1. The first-order chi connectivity index (χ1) is 8.29. The Hall–Kier alpha value is -0.0400. The van der Waals surface area contributed by atoms with Gasteiger partial charge in [0, 0.05) is 0 Å². The summed E-state index contributed by atoms with van der Waals surface area (Å²) in [5.41, 5.74) is 0. The SMILES string of the molecule is CCCCCC1CCCC(CCCCC)C1O. The minimum absolute atomic E-state index is 0.0115. The molecule has 0 spiro atoms. The minimum Gasteiger partial charge on any atom is -0.393 e. The molecule has 1 rings (SSSR count). The molecule has 1 saturated carbocycles. The van der Waals surface area contributed by atoms with Gasteiger partial charge in [-0.1, -0.05) is 58.8 Å². The van der Waals surface area contributed by atoms with Crippen LogP contribution in [0, 0.1) is 11.8 Å². The number of hydrogen-bond donors (Lipinski definition) is 1. The highest BCUT2D eigenvalue weighted by atomic mass is 16.3. The largest absolute Gasteiger partial charge is 0.393 e. The Labute approximate surface area is 108 Å². The van der Waals surface area contributed by atoms with Gasteiger partial charge in [-0.3, -0.25) is 0 Å². The van der Waals surface area contributed by atoms with Crippen LogP contribution >= 0.6 is 0 Å². The van der Waals surface area contributed by atoms with Crippen molar-refractivity contribution in [2.75, 3.05) is 0 Å². The molecular formula is C16H32O. The van der Waals surface area contributed by atoms with Crippen molar-refractivity contribution >= 4 is 0 Å². The maximum absolute atomic E-state index is 10.4. The number of hydrogen-bond acceptors (Lipinski definition) is 1. The first-order valence-corrected chi connectivity index (χ1v) is 7.97. The lowest BCUT2D eigenvalue weighted by Crippen LogP contribution is -2.33. The smallest absolute Gasteiger partial charge is 0.0596 e. The van der Waals surface area contributed by atoms with Gasteiger partial charge in [0.25, 0.3) is 0 Å². The molecular weight excluding hydrogens is 208 g/mol. The van der Waals surface area contributed by atoms with E-state index in [9.17, 15) is 5.11 Å². The Kier molecular flexibility index (Phi) is 7.92. The van der Waals surface area contributed by atoms with Crippen molar-refractivity contribution in [3.8, 4) is 0 Å². The summed E-state index contributed by atoms with van der Waals surface area (Å²) in [7, 11) is 0. The highest BCUT2D eigenvalue weighted by Crippen LogP contribution is 2.35. The van der Waals surface area contributed by atoms with Crippen LogP contribution in [0.3, 0.4) is 0 Å². The second-order valence-electron chi connectivity index (χ2n) is 5.93. The van der Waals surface area contributed by atoms with Crippen LogP contribution in [0.5, 0.6) is 0 Å². The van der Waals surface area contributed by atoms with E-state index < -0.39 is 0 Å². The van der Waals surface area contributed by atoms with Crippen LogP contribution in [0.25, 0.3) is 0 Å². The molecule has 2 atom stereocenters. The maximum atomic E-state index is 10.4. The molecule has 0 aromatic rings. The molecule has 1 fully saturated rings. The van der Waals surface area contributed by atoms with Crippen molar-refractivity contribution in [3.63, 3.8) is 0 Å². The topological polar surface area (TPSA) is 20.2 Å². The molecule has 1 aliphatic carbocycles. The van der Waals surface area contributed by atoms with Gasteiger partial charge in [0.05, 0.1) is 6.10 Å². The Morgan fingerprint density at radius 3 is 1.71 bits per heavy atom. The van der Waals surface area contributed by atoms with Crippen molar-refractivity contribution < 1.29 is 5.11 Å². The summed E-state index contributed by atoms with van der Waals surface area (Å²) < 4.78 is 0. The van der Waals surface area contributed by atoms with Crippen molar-refractivity contribution in [2.24, 2.45) is 11.8 Å². The van der Waals surface area contributed by atoms with E-state index in [1.54, 1.807) is 0 Å². The molecule has 1 N–H and O–H groups in total. The van der Waals surface area contributed by atoms with Crippen LogP contribution in [0.15, 0.2) is 0 Å². The fourth-order valence-electron chi connectivity index (χ4n) is 3.31. The summed E-state index contributed by atoms with van der Waals surface area (Å²) in [6, 6.07) is 0. The molecule has 1 nitrogen and oxygen atoms in total. The van der Waals surface area contributed by atoms with Gasteiger partial charge >= 0.3 is 0 Å². The van der Waals surface area contributed by atoms with Crippen LogP contribution in [-0.2, 0) is 0 Å². The summed E-state index contributed by atoms with van der Waals surface area (Å²) in [6.07, 6.45) is 14.3. The summed E-state index contributed by atoms with van der Waals surface area (Å²) in [5, 5.41) is 10.4. The maximum Gasteiger partial charge on any atom is 0.0596 e. The summed E-state index contributed by atoms with van der Waals surface area (Å²) >= 11 is 0. The van der Waals surface area contributed by atoms with Gasteiger partial charge in [-0.2, -0.15) is 0 Å². The molecule has 102 valence electrons. The number of aliphatic hydroxyl groups is 1. The van der Waals surface area contributed by atoms with Crippen LogP contribution in [0.2, 0.25) is 0 Å². The van der Waals surface area contributed by atoms with Crippen LogP contribution in [-0.4, -0.2) is 11.2 Å². The molecule has 0 aromatic heterocycles. The summed E-state index contributed by atoms with van der Waals surface area (Å²) in [6.45, 7) is 4.51. The zero-order valence-electron chi connectivity index (χ0n) is 12.0. The third-order valence-corrected chi connectivity index (χ3v) is 4.47. The Morgan fingerprint density at radius 1 is 0.824 bits per heavy atom. The van der Waals surface area contributed by atoms with E-state index in [0.717, 1.165) is 0 Å². The van der Waals surface area contributed by atoms with Gasteiger partial charge in [0.15, 0.2) is 0 Å². The zero-order valence-corrected chi connectivity index (χ0v) is 12.0. The lowest BCUT2D eigenvalue weighted by Gasteiger charge is -2.35. The molecule has 0 aromatic carbocycles. The van der Waals surface area contributed by atoms with Gasteiger partial charge in [-0.05, 0) is 37.5 Å². The van der Waals surface area contributed by atoms with E-state index in [-0.39, 0.29) is 6.10 Å². The normalized spacial score (nSPS) is 29.5. The molecule has 0 radical (unpaired) electrons. The first-order valence-electron chi connectivity index (χ1n) is 7.97. The highest BCUT2D eigenvalue weighted by Gasteiger charge is 2.30. The third kappa shape index (κ3) is 5.42. The zero-order chi connectivity index (χ0) is 12.5. The standard InChI is InChI=1S/C16H32O/c1-3-5-7-10-14-12-9-13-15(16(14)17)11-8-6-4-2/h14-17H,3-13H2,1-2H3. The molecule has 0 bridgehead atoms. The van der Waals surface area contributed by atoms with Crippen LogP contribution < -0.4 is 0 Å². The van der Waals surface area contributed by atoms with E-state index >= 15 is 0 Å². The van der Waals surface area contributed by atoms with Crippen LogP contribution in [0.4, 0.5) is 0 Å². The van der Waals surface area contributed by atoms with Gasteiger partial charge in [0.2, 0.25) is 0 Å². The molecule has 2 unspecified atom stereocenters. The predicted molar refractivity (Wildman–Crippen MR) is 75.1 cm³/mol. The molecule has 1 aliphatic rings. The van der Waals surface area contributed by atoms with Gasteiger partial charge in [-0.25, -0.2) is 0 Å². The lowest BCUT2D eigenvalue weighted by molar-refractivity contribution is 0.00842. The third-order valence-electron chi connectivity index (χ3n) is 4.47. The molecule has 0 amide bonds. The molecule has 0 aliphatic heterocycles. The van der Waals surface area contributed by atoms with E-state index in [1.807, 2.05) is 0 Å². The minimum atomic E-state index is 0.0115. The monoisotopic (exact) mass is 240 g/mol. The highest BCUT2D eigenvalue weighted by molar-refractivity contribution is 4.81. The quantitative estimate of drug-likeness (QED) is 0.597. The van der Waals surface area contributed by atoms with E-state index in [0.29, 0.717) is 11.8 Å². The van der Waals surface area contributed by atoms with E-state index in [4.69, 9.17) is 0 Å². The lowest BCUT2D eigenvalue weighted by atomic mass is 9.74. The van der Waals surface area contributed by atoms with Crippen molar-refractivity contribution in [1.29, 1.82) is 0 Å². The van der Waals surface area contributed by atoms with E-state index in [1.165, 1.54) is 70.6 Å². The number of rotatable bonds is 8. The average Bonchev–Trinajstić information content (AvgIpc) is 2.34. The number of unbranched alkanes of at least 4 members (excludes halogenated alkanes) is 4. The Bertz CT molecular complexity index is 160. The van der Waals surface area contributed by atoms with Crippen LogP contribution in [0.1, 0.15) is 84.5 Å². The summed E-state index contributed by atoms with van der Waals surface area (Å²) in [4.78, 5) is 0. The second-order valence-corrected chi connectivity index (χ2v) is 5.93. The second kappa shape index (κ2) is 8.97. The fraction of sp³-hybridized carbons (Fsp3) is 1.00. The summed E-state index contributed by atoms with van der Waals surface area (Å²) in [5.74, 6) is 1.23. The average molecular weight is 240 g/mol. The van der Waals surface area contributed by atoms with Crippen molar-refractivity contribution in [3.05, 3.63) is 0 Å². The van der Waals surface area contributed by atoms with Crippen molar-refractivity contribution in [1.82, 2.24) is 0 Å². The van der Waals surface area contributed by atoms with E-state index in [2.05, 4.69) is 13.8 Å². The van der Waals surface area contributed by atoms with Gasteiger partial charge in [-0.15, -0.1) is 0 Å². The van der Waals surface area contributed by atoms with Gasteiger partial charge < -0.3 is 5.11 Å². The fourth-order valence-corrected chi connectivity index (χ4v) is 3.31. The molecule has 0 saturated heterocycles. The van der Waals surface area contributed by atoms with Gasteiger partial charge in [0.1, 0.15) is 0 Å². The molecule has 17 heavy (non-hydrogen) atoms. The Morgan fingerprint density at radius 2 is 1.29 bits per heavy atom. The molecule has 1 heteroatoms. The predicted octanol–water partition coefficient (Wildman–Crippen LogP) is 4.92. The first kappa shape index (κ1) is 15.0. The van der Waals surface area contributed by atoms with Crippen molar-refractivity contribution in [2.45, 2.75) is 90.6 Å².